The summed E-state index contributed by atoms with van der Waals surface area (Å²) in [7, 11) is 0. The van der Waals surface area contributed by atoms with E-state index < -0.39 is 17.7 Å². The Labute approximate surface area is 91.4 Å². The van der Waals surface area contributed by atoms with Crippen LogP contribution in [0, 0.1) is 0 Å². The lowest BCUT2D eigenvalue weighted by molar-refractivity contribution is -0.109. The normalized spacial score (nSPS) is 13.1. The Morgan fingerprint density at radius 3 is 2.47 bits per heavy atom. The monoisotopic (exact) mass is 215 g/mol. The first kappa shape index (κ1) is 13.9. The second kappa shape index (κ2) is 6.43. The molecule has 88 valence electrons. The van der Waals surface area contributed by atoms with Crippen molar-refractivity contribution < 1.29 is 14.3 Å². The Balaban J connectivity index is 3.96. The van der Waals surface area contributed by atoms with Gasteiger partial charge in [-0.3, -0.25) is 0 Å². The lowest BCUT2D eigenvalue weighted by Crippen LogP contribution is -2.39. The molecule has 0 aliphatic rings. The van der Waals surface area contributed by atoms with E-state index in [0.29, 0.717) is 6.42 Å². The molecule has 0 heterocycles. The van der Waals surface area contributed by atoms with Crippen LogP contribution in [0.15, 0.2) is 0 Å². The number of rotatable bonds is 5. The van der Waals surface area contributed by atoms with E-state index in [0.717, 1.165) is 19.1 Å². The van der Waals surface area contributed by atoms with Gasteiger partial charge in [-0.05, 0) is 27.2 Å². The fourth-order valence-electron chi connectivity index (χ4n) is 1.06. The van der Waals surface area contributed by atoms with Crippen LogP contribution in [-0.4, -0.2) is 24.0 Å². The third kappa shape index (κ3) is 7.97. The average molecular weight is 215 g/mol. The summed E-state index contributed by atoms with van der Waals surface area (Å²) in [4.78, 5) is 21.9. The van der Waals surface area contributed by atoms with Crippen LogP contribution in [0.4, 0.5) is 4.79 Å². The molecule has 0 aromatic rings. The number of alkyl carbamates (subject to hydrolysis) is 1. The maximum Gasteiger partial charge on any atom is 0.408 e. The second-order valence-electron chi connectivity index (χ2n) is 4.53. The number of carbonyl (C=O) groups excluding carboxylic acids is 2. The number of amides is 1. The van der Waals surface area contributed by atoms with E-state index in [1.54, 1.807) is 20.8 Å². The van der Waals surface area contributed by atoms with E-state index in [-0.39, 0.29) is 0 Å². The van der Waals surface area contributed by atoms with Gasteiger partial charge < -0.3 is 14.8 Å². The number of hydrogen-bond donors (Lipinski definition) is 1. The number of ether oxygens (including phenoxy) is 1. The zero-order valence-electron chi connectivity index (χ0n) is 10.0. The molecular weight excluding hydrogens is 194 g/mol. The van der Waals surface area contributed by atoms with E-state index in [1.807, 2.05) is 6.92 Å². The average Bonchev–Trinajstić information content (AvgIpc) is 2.09. The summed E-state index contributed by atoms with van der Waals surface area (Å²) in [6.07, 6.45) is 2.80. The Morgan fingerprint density at radius 2 is 2.07 bits per heavy atom. The second-order valence-corrected chi connectivity index (χ2v) is 4.53. The van der Waals surface area contributed by atoms with E-state index in [2.05, 4.69) is 5.32 Å². The molecule has 0 spiro atoms. The fourth-order valence-corrected chi connectivity index (χ4v) is 1.06. The number of carbonyl (C=O) groups is 2. The minimum Gasteiger partial charge on any atom is -0.444 e. The van der Waals surface area contributed by atoms with Gasteiger partial charge >= 0.3 is 6.09 Å². The molecule has 0 aliphatic heterocycles. The largest absolute Gasteiger partial charge is 0.444 e. The fraction of sp³-hybridized carbons (Fsp3) is 0.818. The summed E-state index contributed by atoms with van der Waals surface area (Å²) in [6.45, 7) is 7.40. The number of hydrogen-bond acceptors (Lipinski definition) is 3. The first-order chi connectivity index (χ1) is 6.89. The topological polar surface area (TPSA) is 55.4 Å². The van der Waals surface area contributed by atoms with Gasteiger partial charge in [-0.25, -0.2) is 4.79 Å². The molecule has 1 atom stereocenters. The lowest BCUT2D eigenvalue weighted by atomic mass is 10.1. The minimum atomic E-state index is -0.532. The first-order valence-electron chi connectivity index (χ1n) is 5.34. The van der Waals surface area contributed by atoms with Crippen molar-refractivity contribution in [1.82, 2.24) is 5.32 Å². The van der Waals surface area contributed by atoms with Crippen LogP contribution in [0.25, 0.3) is 0 Å². The highest BCUT2D eigenvalue weighted by atomic mass is 16.6. The van der Waals surface area contributed by atoms with Crippen molar-refractivity contribution in [1.29, 1.82) is 0 Å². The highest BCUT2D eigenvalue weighted by Gasteiger charge is 2.18. The van der Waals surface area contributed by atoms with Gasteiger partial charge in [0.1, 0.15) is 11.9 Å². The molecule has 0 aromatic carbocycles. The van der Waals surface area contributed by atoms with Gasteiger partial charge in [0.25, 0.3) is 0 Å². The van der Waals surface area contributed by atoms with Crippen LogP contribution in [0.5, 0.6) is 0 Å². The Morgan fingerprint density at radius 1 is 1.47 bits per heavy atom. The molecule has 0 rings (SSSR count). The molecule has 0 saturated carbocycles. The third-order valence-electron chi connectivity index (χ3n) is 1.74. The van der Waals surface area contributed by atoms with Crippen molar-refractivity contribution in [2.75, 3.05) is 0 Å². The van der Waals surface area contributed by atoms with Crippen LogP contribution in [-0.2, 0) is 9.53 Å². The summed E-state index contributed by atoms with van der Waals surface area (Å²) in [5.74, 6) is 0. The van der Waals surface area contributed by atoms with Crippen LogP contribution in [0.3, 0.4) is 0 Å². The van der Waals surface area contributed by atoms with Crippen LogP contribution in [0.2, 0.25) is 0 Å². The van der Waals surface area contributed by atoms with Gasteiger partial charge in [-0.2, -0.15) is 0 Å². The molecule has 0 radical (unpaired) electrons. The molecule has 0 saturated heterocycles. The molecule has 0 aliphatic carbocycles. The number of unbranched alkanes of at least 4 members (excludes halogenated alkanes) is 1. The zero-order valence-corrected chi connectivity index (χ0v) is 10.0. The summed E-state index contributed by atoms with van der Waals surface area (Å²) >= 11 is 0. The predicted octanol–water partition coefficient (Wildman–Crippen LogP) is 2.27. The maximum atomic E-state index is 11.3. The van der Waals surface area contributed by atoms with Crippen molar-refractivity contribution in [2.24, 2.45) is 0 Å². The Hall–Kier alpha value is -1.06. The van der Waals surface area contributed by atoms with Crippen molar-refractivity contribution in [3.05, 3.63) is 0 Å². The van der Waals surface area contributed by atoms with E-state index in [4.69, 9.17) is 4.74 Å². The summed E-state index contributed by atoms with van der Waals surface area (Å²) in [5.41, 5.74) is -0.526. The molecule has 4 heteroatoms. The highest BCUT2D eigenvalue weighted by molar-refractivity contribution is 5.73. The number of nitrogens with one attached hydrogen (secondary N) is 1. The van der Waals surface area contributed by atoms with Crippen molar-refractivity contribution in [3.8, 4) is 0 Å². The molecule has 1 amide bonds. The SMILES string of the molecule is CCCC[C@H](C=O)NC(=O)OC(C)(C)C. The van der Waals surface area contributed by atoms with Gasteiger partial charge in [-0.15, -0.1) is 0 Å². The van der Waals surface area contributed by atoms with Crippen molar-refractivity contribution in [3.63, 3.8) is 0 Å². The van der Waals surface area contributed by atoms with E-state index >= 15 is 0 Å². The maximum absolute atomic E-state index is 11.3. The van der Waals surface area contributed by atoms with Gasteiger partial charge in [-0.1, -0.05) is 19.8 Å². The Bertz CT molecular complexity index is 208. The highest BCUT2D eigenvalue weighted by Crippen LogP contribution is 2.07. The van der Waals surface area contributed by atoms with Crippen LogP contribution >= 0.6 is 0 Å². The number of aldehydes is 1. The summed E-state index contributed by atoms with van der Waals surface area (Å²) in [5, 5.41) is 2.53. The molecule has 1 N–H and O–H groups in total. The summed E-state index contributed by atoms with van der Waals surface area (Å²) in [6, 6.07) is -0.431. The minimum absolute atomic E-state index is 0.431. The zero-order chi connectivity index (χ0) is 11.9. The van der Waals surface area contributed by atoms with Crippen molar-refractivity contribution >= 4 is 12.4 Å². The van der Waals surface area contributed by atoms with Gasteiger partial charge in [0.2, 0.25) is 0 Å². The van der Waals surface area contributed by atoms with Crippen LogP contribution < -0.4 is 5.32 Å². The molecule has 0 aromatic heterocycles. The molecule has 4 nitrogen and oxygen atoms in total. The molecular formula is C11H21NO3. The van der Waals surface area contributed by atoms with Gasteiger partial charge in [0.15, 0.2) is 0 Å². The lowest BCUT2D eigenvalue weighted by Gasteiger charge is -2.21. The van der Waals surface area contributed by atoms with Gasteiger partial charge in [0.05, 0.1) is 6.04 Å². The summed E-state index contributed by atoms with van der Waals surface area (Å²) < 4.78 is 5.04. The van der Waals surface area contributed by atoms with Crippen LogP contribution in [0.1, 0.15) is 47.0 Å². The standard InChI is InChI=1S/C11H21NO3/c1-5-6-7-9(8-13)12-10(14)15-11(2,3)4/h8-9H,5-7H2,1-4H3,(H,12,14)/t9-/m1/s1. The smallest absolute Gasteiger partial charge is 0.408 e. The first-order valence-corrected chi connectivity index (χ1v) is 5.34. The Kier molecular flexibility index (Phi) is 5.97. The molecule has 0 bridgehead atoms. The molecule has 15 heavy (non-hydrogen) atoms. The van der Waals surface area contributed by atoms with E-state index in [1.165, 1.54) is 0 Å². The predicted molar refractivity (Wildman–Crippen MR) is 58.7 cm³/mol. The van der Waals surface area contributed by atoms with Crippen molar-refractivity contribution in [2.45, 2.75) is 58.6 Å². The molecule has 0 unspecified atom stereocenters. The third-order valence-corrected chi connectivity index (χ3v) is 1.74. The molecule has 0 fully saturated rings. The quantitative estimate of drug-likeness (QED) is 0.716. The van der Waals surface area contributed by atoms with E-state index in [9.17, 15) is 9.59 Å². The van der Waals surface area contributed by atoms with Gasteiger partial charge in [0, 0.05) is 0 Å².